The summed E-state index contributed by atoms with van der Waals surface area (Å²) in [5.41, 5.74) is -0.0827. The highest BCUT2D eigenvalue weighted by Crippen LogP contribution is 1.93. The van der Waals surface area contributed by atoms with Crippen molar-refractivity contribution >= 4 is 11.9 Å². The average Bonchev–Trinajstić information content (AvgIpc) is 2.29. The molecule has 0 aliphatic carbocycles. The van der Waals surface area contributed by atoms with Gasteiger partial charge in [-0.1, -0.05) is 0 Å². The van der Waals surface area contributed by atoms with Gasteiger partial charge in [0.25, 0.3) is 5.91 Å². The summed E-state index contributed by atoms with van der Waals surface area (Å²) in [6, 6.07) is 2.68. The SMILES string of the molecule is CCOC(=O)CCNC(=O)c1cc[nH]c(=O)c1. The van der Waals surface area contributed by atoms with Crippen molar-refractivity contribution < 1.29 is 14.3 Å². The first-order valence-electron chi connectivity index (χ1n) is 5.26. The smallest absolute Gasteiger partial charge is 0.307 e. The second kappa shape index (κ2) is 6.47. The van der Waals surface area contributed by atoms with Gasteiger partial charge in [-0.05, 0) is 13.0 Å². The molecule has 1 amide bonds. The minimum absolute atomic E-state index is 0.114. The first-order chi connectivity index (χ1) is 8.13. The summed E-state index contributed by atoms with van der Waals surface area (Å²) in [6.07, 6.45) is 1.51. The fraction of sp³-hybridized carbons (Fsp3) is 0.364. The molecule has 0 spiro atoms. The minimum Gasteiger partial charge on any atom is -0.466 e. The Morgan fingerprint density at radius 1 is 1.47 bits per heavy atom. The van der Waals surface area contributed by atoms with Crippen LogP contribution in [0.5, 0.6) is 0 Å². The molecule has 0 radical (unpaired) electrons. The molecule has 1 aromatic heterocycles. The first kappa shape index (κ1) is 13.0. The van der Waals surface area contributed by atoms with Crippen LogP contribution in [-0.4, -0.2) is 30.0 Å². The third-order valence-corrected chi connectivity index (χ3v) is 1.96. The molecule has 0 aliphatic heterocycles. The number of carbonyl (C=O) groups is 2. The van der Waals surface area contributed by atoms with Crippen molar-refractivity contribution in [2.75, 3.05) is 13.2 Å². The maximum Gasteiger partial charge on any atom is 0.307 e. The normalized spacial score (nSPS) is 9.71. The Hall–Kier alpha value is -2.11. The van der Waals surface area contributed by atoms with E-state index < -0.39 is 0 Å². The summed E-state index contributed by atoms with van der Waals surface area (Å²) in [7, 11) is 0. The Kier molecular flexibility index (Phi) is 4.93. The summed E-state index contributed by atoms with van der Waals surface area (Å²) in [5, 5.41) is 2.52. The van der Waals surface area contributed by atoms with Gasteiger partial charge in [0.15, 0.2) is 0 Å². The van der Waals surface area contributed by atoms with E-state index in [1.807, 2.05) is 0 Å². The minimum atomic E-state index is -0.389. The lowest BCUT2D eigenvalue weighted by molar-refractivity contribution is -0.142. The van der Waals surface area contributed by atoms with Gasteiger partial charge in [0.2, 0.25) is 5.56 Å². The topological polar surface area (TPSA) is 88.3 Å². The van der Waals surface area contributed by atoms with E-state index >= 15 is 0 Å². The fourth-order valence-corrected chi connectivity index (χ4v) is 1.20. The molecule has 0 aromatic carbocycles. The number of pyridine rings is 1. The number of H-pyrrole nitrogens is 1. The van der Waals surface area contributed by atoms with Crippen LogP contribution in [0.1, 0.15) is 23.7 Å². The number of hydrogen-bond acceptors (Lipinski definition) is 4. The molecule has 0 unspecified atom stereocenters. The Bertz CT molecular complexity index is 453. The van der Waals surface area contributed by atoms with Crippen LogP contribution >= 0.6 is 0 Å². The number of aromatic nitrogens is 1. The molecule has 0 saturated heterocycles. The summed E-state index contributed by atoms with van der Waals surface area (Å²) in [4.78, 5) is 35.9. The molecule has 1 rings (SSSR count). The molecular weight excluding hydrogens is 224 g/mol. The number of aromatic amines is 1. The number of ether oxygens (including phenoxy) is 1. The Labute approximate surface area is 98.0 Å². The van der Waals surface area contributed by atoms with Crippen LogP contribution in [0.4, 0.5) is 0 Å². The van der Waals surface area contributed by atoms with Crippen LogP contribution in [0.15, 0.2) is 23.1 Å². The van der Waals surface area contributed by atoms with Gasteiger partial charge < -0.3 is 15.0 Å². The molecule has 6 nitrogen and oxygen atoms in total. The van der Waals surface area contributed by atoms with Gasteiger partial charge in [-0.15, -0.1) is 0 Å². The number of esters is 1. The summed E-state index contributed by atoms with van der Waals surface area (Å²) < 4.78 is 4.70. The van der Waals surface area contributed by atoms with E-state index in [0.717, 1.165) is 0 Å². The maximum absolute atomic E-state index is 11.5. The summed E-state index contributed by atoms with van der Waals surface area (Å²) >= 11 is 0. The second-order valence-electron chi connectivity index (χ2n) is 3.25. The van der Waals surface area contributed by atoms with Crippen LogP contribution in [0.3, 0.4) is 0 Å². The molecule has 0 fully saturated rings. The molecular formula is C11H14N2O4. The molecule has 0 atom stereocenters. The zero-order valence-corrected chi connectivity index (χ0v) is 9.49. The van der Waals surface area contributed by atoms with Crippen LogP contribution in [0.25, 0.3) is 0 Å². The third-order valence-electron chi connectivity index (χ3n) is 1.96. The van der Waals surface area contributed by atoms with E-state index in [1.54, 1.807) is 6.92 Å². The highest BCUT2D eigenvalue weighted by atomic mass is 16.5. The zero-order chi connectivity index (χ0) is 12.7. The van der Waals surface area contributed by atoms with E-state index in [-0.39, 0.29) is 36.0 Å². The van der Waals surface area contributed by atoms with Gasteiger partial charge in [-0.3, -0.25) is 14.4 Å². The fourth-order valence-electron chi connectivity index (χ4n) is 1.20. The summed E-state index contributed by atoms with van der Waals surface area (Å²) in [5.74, 6) is -0.751. The molecule has 1 heterocycles. The van der Waals surface area contributed by atoms with Crippen molar-refractivity contribution in [3.8, 4) is 0 Å². The van der Waals surface area contributed by atoms with E-state index in [4.69, 9.17) is 4.74 Å². The van der Waals surface area contributed by atoms with E-state index in [0.29, 0.717) is 6.61 Å². The van der Waals surface area contributed by atoms with Crippen molar-refractivity contribution in [3.05, 3.63) is 34.2 Å². The van der Waals surface area contributed by atoms with Crippen LogP contribution in [0.2, 0.25) is 0 Å². The highest BCUT2D eigenvalue weighted by molar-refractivity contribution is 5.94. The quantitative estimate of drug-likeness (QED) is 0.710. The number of carbonyl (C=O) groups excluding carboxylic acids is 2. The number of nitrogens with one attached hydrogen (secondary N) is 2. The van der Waals surface area contributed by atoms with Crippen molar-refractivity contribution in [2.45, 2.75) is 13.3 Å². The molecule has 2 N–H and O–H groups in total. The van der Waals surface area contributed by atoms with E-state index in [1.165, 1.54) is 18.3 Å². The van der Waals surface area contributed by atoms with Gasteiger partial charge in [-0.2, -0.15) is 0 Å². The van der Waals surface area contributed by atoms with Gasteiger partial charge in [0, 0.05) is 24.4 Å². The van der Waals surface area contributed by atoms with E-state index in [2.05, 4.69) is 10.3 Å². The van der Waals surface area contributed by atoms with Crippen LogP contribution in [0, 0.1) is 0 Å². The van der Waals surface area contributed by atoms with Gasteiger partial charge in [-0.25, -0.2) is 0 Å². The number of rotatable bonds is 5. The molecule has 92 valence electrons. The molecule has 0 saturated carbocycles. The summed E-state index contributed by atoms with van der Waals surface area (Å²) in [6.45, 7) is 2.22. The average molecular weight is 238 g/mol. The molecule has 0 aliphatic rings. The standard InChI is InChI=1S/C11H14N2O4/c1-2-17-10(15)4-6-13-11(16)8-3-5-12-9(14)7-8/h3,5,7H,2,4,6H2,1H3,(H,12,14)(H,13,16). The lowest BCUT2D eigenvalue weighted by Crippen LogP contribution is -2.27. The van der Waals surface area contributed by atoms with Gasteiger partial charge in [0.05, 0.1) is 13.0 Å². The monoisotopic (exact) mass is 238 g/mol. The number of amides is 1. The van der Waals surface area contributed by atoms with Gasteiger partial charge in [0.1, 0.15) is 0 Å². The largest absolute Gasteiger partial charge is 0.466 e. The molecule has 0 bridgehead atoms. The highest BCUT2D eigenvalue weighted by Gasteiger charge is 2.07. The zero-order valence-electron chi connectivity index (χ0n) is 9.49. The Morgan fingerprint density at radius 2 is 2.24 bits per heavy atom. The van der Waals surface area contributed by atoms with Gasteiger partial charge >= 0.3 is 5.97 Å². The number of hydrogen-bond donors (Lipinski definition) is 2. The Balaban J connectivity index is 2.40. The van der Waals surface area contributed by atoms with Crippen LogP contribution < -0.4 is 10.9 Å². The van der Waals surface area contributed by atoms with Crippen molar-refractivity contribution in [2.24, 2.45) is 0 Å². The lowest BCUT2D eigenvalue weighted by Gasteiger charge is -2.04. The maximum atomic E-state index is 11.5. The van der Waals surface area contributed by atoms with E-state index in [9.17, 15) is 14.4 Å². The third kappa shape index (κ3) is 4.50. The van der Waals surface area contributed by atoms with Crippen LogP contribution in [-0.2, 0) is 9.53 Å². The predicted molar refractivity (Wildman–Crippen MR) is 60.6 cm³/mol. The molecule has 17 heavy (non-hydrogen) atoms. The Morgan fingerprint density at radius 3 is 2.88 bits per heavy atom. The van der Waals surface area contributed by atoms with Crippen molar-refractivity contribution in [3.63, 3.8) is 0 Å². The van der Waals surface area contributed by atoms with Crippen molar-refractivity contribution in [1.82, 2.24) is 10.3 Å². The molecule has 6 heteroatoms. The first-order valence-corrected chi connectivity index (χ1v) is 5.26. The lowest BCUT2D eigenvalue weighted by atomic mass is 10.2. The molecule has 1 aromatic rings. The second-order valence-corrected chi connectivity index (χ2v) is 3.25. The predicted octanol–water partition coefficient (Wildman–Crippen LogP) is 0.0579. The van der Waals surface area contributed by atoms with Crippen molar-refractivity contribution in [1.29, 1.82) is 0 Å².